The van der Waals surface area contributed by atoms with Gasteiger partial charge in [-0.1, -0.05) is 29.8 Å². The number of amides is 1. The average Bonchev–Trinajstić information content (AvgIpc) is 2.97. The summed E-state index contributed by atoms with van der Waals surface area (Å²) in [6, 6.07) is 10.2. The predicted octanol–water partition coefficient (Wildman–Crippen LogP) is 4.08. The molecule has 0 radical (unpaired) electrons. The van der Waals surface area contributed by atoms with Gasteiger partial charge in [-0.15, -0.1) is 0 Å². The van der Waals surface area contributed by atoms with Crippen LogP contribution in [0.3, 0.4) is 0 Å². The Labute approximate surface area is 160 Å². The second kappa shape index (κ2) is 6.67. The third-order valence-electron chi connectivity index (χ3n) is 4.89. The Hall–Kier alpha value is -3.35. The molecule has 0 unspecified atom stereocenters. The SMILES string of the molecule is Cc1ccc(C(=O)[C@@H]2CC(=O)Nc3c2c(C)nn3-c2ccc(F)cc2F)cc1. The number of halogens is 2. The third-order valence-corrected chi connectivity index (χ3v) is 4.89. The molecule has 1 N–H and O–H groups in total. The lowest BCUT2D eigenvalue weighted by Gasteiger charge is -2.23. The van der Waals surface area contributed by atoms with Crippen LogP contribution in [0, 0.1) is 25.5 Å². The number of nitrogens with zero attached hydrogens (tertiary/aromatic N) is 2. The second-order valence-electron chi connectivity index (χ2n) is 6.89. The highest BCUT2D eigenvalue weighted by Gasteiger charge is 2.36. The van der Waals surface area contributed by atoms with Gasteiger partial charge >= 0.3 is 0 Å². The molecule has 7 heteroatoms. The minimum atomic E-state index is -0.813. The summed E-state index contributed by atoms with van der Waals surface area (Å²) in [5.41, 5.74) is 2.57. The van der Waals surface area contributed by atoms with E-state index in [1.165, 1.54) is 10.7 Å². The number of anilines is 1. The maximum atomic E-state index is 14.3. The van der Waals surface area contributed by atoms with Crippen molar-refractivity contribution in [2.45, 2.75) is 26.2 Å². The van der Waals surface area contributed by atoms with Crippen LogP contribution in [-0.2, 0) is 4.79 Å². The maximum absolute atomic E-state index is 14.3. The summed E-state index contributed by atoms with van der Waals surface area (Å²) in [6.45, 7) is 3.62. The monoisotopic (exact) mass is 381 g/mol. The van der Waals surface area contributed by atoms with E-state index in [0.717, 1.165) is 17.7 Å². The number of fused-ring (bicyclic) bond motifs is 1. The van der Waals surface area contributed by atoms with Gasteiger partial charge in [-0.25, -0.2) is 13.5 Å². The molecule has 0 aliphatic carbocycles. The van der Waals surface area contributed by atoms with E-state index in [-0.39, 0.29) is 29.6 Å². The molecule has 0 bridgehead atoms. The molecule has 1 aliphatic heterocycles. The first-order chi connectivity index (χ1) is 13.3. The Morgan fingerprint density at radius 3 is 2.54 bits per heavy atom. The topological polar surface area (TPSA) is 64.0 Å². The standard InChI is InChI=1S/C21H17F2N3O2/c1-11-3-5-13(6-4-11)20(28)15-10-18(27)24-21-19(15)12(2)25-26(21)17-8-7-14(22)9-16(17)23/h3-9,15H,10H2,1-2H3,(H,24,27)/t15-/m1/s1. The van der Waals surface area contributed by atoms with Crippen LogP contribution in [-0.4, -0.2) is 21.5 Å². The third kappa shape index (κ3) is 2.98. The summed E-state index contributed by atoms with van der Waals surface area (Å²) < 4.78 is 28.8. The van der Waals surface area contributed by atoms with Crippen LogP contribution in [0.2, 0.25) is 0 Å². The molecule has 0 saturated heterocycles. The van der Waals surface area contributed by atoms with Crippen LogP contribution >= 0.6 is 0 Å². The summed E-state index contributed by atoms with van der Waals surface area (Å²) in [4.78, 5) is 25.4. The fraction of sp³-hybridized carbons (Fsp3) is 0.190. The molecule has 28 heavy (non-hydrogen) atoms. The molecule has 1 amide bonds. The molecule has 142 valence electrons. The lowest BCUT2D eigenvalue weighted by Crippen LogP contribution is -2.28. The number of aromatic nitrogens is 2. The van der Waals surface area contributed by atoms with Crippen molar-refractivity contribution >= 4 is 17.5 Å². The van der Waals surface area contributed by atoms with E-state index in [1.54, 1.807) is 19.1 Å². The number of carbonyl (C=O) groups is 2. The van der Waals surface area contributed by atoms with Gasteiger partial charge in [0, 0.05) is 23.6 Å². The fourth-order valence-corrected chi connectivity index (χ4v) is 3.52. The highest BCUT2D eigenvalue weighted by atomic mass is 19.1. The first kappa shape index (κ1) is 18.0. The summed E-state index contributed by atoms with van der Waals surface area (Å²) >= 11 is 0. The minimum absolute atomic E-state index is 0.00511. The first-order valence-electron chi connectivity index (χ1n) is 8.81. The summed E-state index contributed by atoms with van der Waals surface area (Å²) in [5.74, 6) is -2.56. The first-order valence-corrected chi connectivity index (χ1v) is 8.81. The molecule has 0 spiro atoms. The second-order valence-corrected chi connectivity index (χ2v) is 6.89. The zero-order valence-electron chi connectivity index (χ0n) is 15.3. The Balaban J connectivity index is 1.83. The van der Waals surface area contributed by atoms with E-state index in [4.69, 9.17) is 0 Å². The number of ketones is 1. The van der Waals surface area contributed by atoms with E-state index in [9.17, 15) is 18.4 Å². The van der Waals surface area contributed by atoms with Crippen molar-refractivity contribution in [2.75, 3.05) is 5.32 Å². The average molecular weight is 381 g/mol. The lowest BCUT2D eigenvalue weighted by atomic mass is 9.85. The van der Waals surface area contributed by atoms with Crippen molar-refractivity contribution in [3.63, 3.8) is 0 Å². The largest absolute Gasteiger partial charge is 0.310 e. The van der Waals surface area contributed by atoms with Crippen LogP contribution in [0.15, 0.2) is 42.5 Å². The molecule has 3 aromatic rings. The highest BCUT2D eigenvalue weighted by Crippen LogP contribution is 2.38. The van der Waals surface area contributed by atoms with Crippen molar-refractivity contribution in [2.24, 2.45) is 0 Å². The van der Waals surface area contributed by atoms with Crippen LogP contribution in [0.1, 0.15) is 39.5 Å². The van der Waals surface area contributed by atoms with Gasteiger partial charge in [0.05, 0.1) is 11.6 Å². The van der Waals surface area contributed by atoms with Crippen LogP contribution in [0.5, 0.6) is 0 Å². The van der Waals surface area contributed by atoms with Crippen molar-refractivity contribution in [3.05, 3.63) is 76.5 Å². The number of Topliss-reactive ketones (excluding diaryl/α,β-unsaturated/α-hetero) is 1. The molecule has 2 heterocycles. The van der Waals surface area contributed by atoms with Gasteiger partial charge in [-0.2, -0.15) is 5.10 Å². The zero-order valence-corrected chi connectivity index (χ0v) is 15.3. The van der Waals surface area contributed by atoms with Gasteiger partial charge in [0.1, 0.15) is 17.3 Å². The number of benzene rings is 2. The van der Waals surface area contributed by atoms with Crippen LogP contribution in [0.4, 0.5) is 14.6 Å². The molecular formula is C21H17F2N3O2. The zero-order chi connectivity index (χ0) is 20.0. The molecule has 1 aliphatic rings. The van der Waals surface area contributed by atoms with Gasteiger partial charge in [0.25, 0.3) is 0 Å². The van der Waals surface area contributed by atoms with E-state index < -0.39 is 17.6 Å². The van der Waals surface area contributed by atoms with Gasteiger partial charge < -0.3 is 5.32 Å². The van der Waals surface area contributed by atoms with Gasteiger partial charge in [-0.3, -0.25) is 9.59 Å². The Morgan fingerprint density at radius 2 is 1.86 bits per heavy atom. The van der Waals surface area contributed by atoms with E-state index >= 15 is 0 Å². The van der Waals surface area contributed by atoms with Gasteiger partial charge in [0.15, 0.2) is 11.6 Å². The highest BCUT2D eigenvalue weighted by molar-refractivity contribution is 6.08. The molecule has 2 aromatic carbocycles. The number of carbonyl (C=O) groups excluding carboxylic acids is 2. The lowest BCUT2D eigenvalue weighted by molar-refractivity contribution is -0.116. The Kier molecular flexibility index (Phi) is 4.30. The number of hydrogen-bond donors (Lipinski definition) is 1. The van der Waals surface area contributed by atoms with Gasteiger partial charge in [0.2, 0.25) is 5.91 Å². The molecule has 1 atom stereocenters. The van der Waals surface area contributed by atoms with Crippen molar-refractivity contribution in [3.8, 4) is 5.69 Å². The van der Waals surface area contributed by atoms with Crippen molar-refractivity contribution in [1.29, 1.82) is 0 Å². The van der Waals surface area contributed by atoms with Crippen LogP contribution < -0.4 is 5.32 Å². The predicted molar refractivity (Wildman–Crippen MR) is 99.7 cm³/mol. The normalized spacial score (nSPS) is 15.9. The number of hydrogen-bond acceptors (Lipinski definition) is 3. The molecule has 5 nitrogen and oxygen atoms in total. The molecule has 4 rings (SSSR count). The van der Waals surface area contributed by atoms with Crippen molar-refractivity contribution < 1.29 is 18.4 Å². The minimum Gasteiger partial charge on any atom is -0.310 e. The van der Waals surface area contributed by atoms with E-state index in [0.29, 0.717) is 16.8 Å². The number of aryl methyl sites for hydroxylation is 2. The van der Waals surface area contributed by atoms with Crippen LogP contribution in [0.25, 0.3) is 5.69 Å². The molecule has 0 saturated carbocycles. The summed E-state index contributed by atoms with van der Waals surface area (Å²) in [7, 11) is 0. The van der Waals surface area contributed by atoms with Gasteiger partial charge in [-0.05, 0) is 26.0 Å². The molecular weight excluding hydrogens is 364 g/mol. The number of rotatable bonds is 3. The maximum Gasteiger partial charge on any atom is 0.226 e. The number of nitrogens with one attached hydrogen (secondary N) is 1. The summed E-state index contributed by atoms with van der Waals surface area (Å²) in [5, 5.41) is 7.00. The smallest absolute Gasteiger partial charge is 0.226 e. The van der Waals surface area contributed by atoms with Crippen molar-refractivity contribution in [1.82, 2.24) is 9.78 Å². The quantitative estimate of drug-likeness (QED) is 0.696. The molecule has 0 fully saturated rings. The van der Waals surface area contributed by atoms with E-state index in [2.05, 4.69) is 10.4 Å². The summed E-state index contributed by atoms with van der Waals surface area (Å²) in [6.07, 6.45) is -0.0157. The van der Waals surface area contributed by atoms with E-state index in [1.807, 2.05) is 19.1 Å². The Bertz CT molecular complexity index is 1100. The fourth-order valence-electron chi connectivity index (χ4n) is 3.52. The Morgan fingerprint density at radius 1 is 1.14 bits per heavy atom. The molecule has 1 aromatic heterocycles.